The minimum absolute atomic E-state index is 0.00919. The van der Waals surface area contributed by atoms with Crippen molar-refractivity contribution < 1.29 is 9.59 Å². The number of nitriles is 1. The second kappa shape index (κ2) is 7.93. The number of hydrogen-bond acceptors (Lipinski definition) is 3. The topological polar surface area (TPSA) is 82.0 Å². The average molecular weight is 333 g/mol. The average Bonchev–Trinajstić information content (AvgIpc) is 2.57. The lowest BCUT2D eigenvalue weighted by molar-refractivity contribution is -0.114. The van der Waals surface area contributed by atoms with E-state index in [4.69, 9.17) is 0 Å². The zero-order valence-electron chi connectivity index (χ0n) is 14.4. The van der Waals surface area contributed by atoms with Crippen LogP contribution < -0.4 is 10.6 Å². The number of amides is 2. The third-order valence-corrected chi connectivity index (χ3v) is 3.63. The molecule has 2 rings (SSSR count). The Balaban J connectivity index is 2.21. The molecule has 0 fully saturated rings. The molecule has 0 spiro atoms. The summed E-state index contributed by atoms with van der Waals surface area (Å²) >= 11 is 0. The first-order valence-electron chi connectivity index (χ1n) is 7.77. The maximum atomic E-state index is 12.4. The molecule has 2 aromatic rings. The number of nitrogens with one attached hydrogen (secondary N) is 2. The molecule has 2 N–H and O–H groups in total. The van der Waals surface area contributed by atoms with Gasteiger partial charge in [0.2, 0.25) is 5.91 Å². The predicted molar refractivity (Wildman–Crippen MR) is 98.9 cm³/mol. The maximum Gasteiger partial charge on any atom is 0.266 e. The Morgan fingerprint density at radius 1 is 1.00 bits per heavy atom. The molecule has 0 aliphatic heterocycles. The second-order valence-electron chi connectivity index (χ2n) is 5.69. The van der Waals surface area contributed by atoms with E-state index >= 15 is 0 Å². The number of para-hydroxylation sites is 1. The highest BCUT2D eigenvalue weighted by molar-refractivity contribution is 6.10. The van der Waals surface area contributed by atoms with Crippen molar-refractivity contribution in [3.05, 3.63) is 64.7 Å². The minimum atomic E-state index is -0.453. The standard InChI is InChI=1S/C20H19N3O2/c1-13-5-4-6-14(2)19(13)23-20(25)17(12-21)11-16-7-9-18(10-8-16)22-15(3)24/h4-11H,1-3H3,(H,22,24)(H,23,25)/b17-11+. The smallest absolute Gasteiger partial charge is 0.266 e. The molecule has 0 heterocycles. The molecule has 5 nitrogen and oxygen atoms in total. The third kappa shape index (κ3) is 4.79. The van der Waals surface area contributed by atoms with Crippen LogP contribution in [-0.2, 0) is 9.59 Å². The summed E-state index contributed by atoms with van der Waals surface area (Å²) in [7, 11) is 0. The van der Waals surface area contributed by atoms with E-state index in [1.165, 1.54) is 13.0 Å². The summed E-state index contributed by atoms with van der Waals surface area (Å²) in [4.78, 5) is 23.4. The molecule has 0 bridgehead atoms. The molecule has 0 aromatic heterocycles. The van der Waals surface area contributed by atoms with Crippen LogP contribution in [0.5, 0.6) is 0 Å². The molecule has 0 aliphatic carbocycles. The van der Waals surface area contributed by atoms with E-state index in [-0.39, 0.29) is 11.5 Å². The van der Waals surface area contributed by atoms with Crippen LogP contribution in [0, 0.1) is 25.2 Å². The van der Waals surface area contributed by atoms with E-state index in [0.717, 1.165) is 16.8 Å². The highest BCUT2D eigenvalue weighted by atomic mass is 16.2. The van der Waals surface area contributed by atoms with Gasteiger partial charge in [0.1, 0.15) is 11.6 Å². The molecular formula is C20H19N3O2. The second-order valence-corrected chi connectivity index (χ2v) is 5.69. The van der Waals surface area contributed by atoms with Gasteiger partial charge in [-0.1, -0.05) is 30.3 Å². The summed E-state index contributed by atoms with van der Waals surface area (Å²) in [6, 6.07) is 14.5. The number of rotatable bonds is 4. The summed E-state index contributed by atoms with van der Waals surface area (Å²) in [6.07, 6.45) is 1.51. The third-order valence-electron chi connectivity index (χ3n) is 3.63. The molecule has 0 radical (unpaired) electrons. The van der Waals surface area contributed by atoms with Crippen molar-refractivity contribution in [2.24, 2.45) is 0 Å². The highest BCUT2D eigenvalue weighted by Gasteiger charge is 2.12. The van der Waals surface area contributed by atoms with Crippen molar-refractivity contribution in [3.63, 3.8) is 0 Å². The van der Waals surface area contributed by atoms with Crippen LogP contribution in [0.3, 0.4) is 0 Å². The fourth-order valence-corrected chi connectivity index (χ4v) is 2.37. The zero-order valence-corrected chi connectivity index (χ0v) is 14.4. The van der Waals surface area contributed by atoms with Gasteiger partial charge in [0.25, 0.3) is 5.91 Å². The van der Waals surface area contributed by atoms with Crippen LogP contribution in [0.15, 0.2) is 48.0 Å². The van der Waals surface area contributed by atoms with Crippen LogP contribution in [0.2, 0.25) is 0 Å². The van der Waals surface area contributed by atoms with Gasteiger partial charge in [-0.3, -0.25) is 9.59 Å². The van der Waals surface area contributed by atoms with E-state index in [9.17, 15) is 14.9 Å². The van der Waals surface area contributed by atoms with Gasteiger partial charge in [-0.15, -0.1) is 0 Å². The highest BCUT2D eigenvalue weighted by Crippen LogP contribution is 2.20. The number of aryl methyl sites for hydroxylation is 2. The van der Waals surface area contributed by atoms with Crippen molar-refractivity contribution in [2.45, 2.75) is 20.8 Å². The molecular weight excluding hydrogens is 314 g/mol. The van der Waals surface area contributed by atoms with Gasteiger partial charge in [0.05, 0.1) is 0 Å². The molecule has 25 heavy (non-hydrogen) atoms. The Morgan fingerprint density at radius 3 is 2.12 bits per heavy atom. The largest absolute Gasteiger partial charge is 0.326 e. The normalized spacial score (nSPS) is 10.7. The number of benzene rings is 2. The molecule has 0 aliphatic rings. The number of anilines is 2. The first-order chi connectivity index (χ1) is 11.9. The van der Waals surface area contributed by atoms with Crippen molar-refractivity contribution in [3.8, 4) is 6.07 Å². The Hall–Kier alpha value is -3.39. The van der Waals surface area contributed by atoms with Crippen molar-refractivity contribution in [2.75, 3.05) is 10.6 Å². The molecule has 2 aromatic carbocycles. The predicted octanol–water partition coefficient (Wildman–Crippen LogP) is 3.81. The molecule has 2 amide bonds. The summed E-state index contributed by atoms with van der Waals surface area (Å²) in [6.45, 7) is 5.23. The number of hydrogen-bond donors (Lipinski definition) is 2. The van der Waals surface area contributed by atoms with Gasteiger partial charge < -0.3 is 10.6 Å². The monoisotopic (exact) mass is 333 g/mol. The van der Waals surface area contributed by atoms with Gasteiger partial charge in [-0.2, -0.15) is 5.26 Å². The van der Waals surface area contributed by atoms with Gasteiger partial charge in [0.15, 0.2) is 0 Å². The first-order valence-corrected chi connectivity index (χ1v) is 7.77. The Kier molecular flexibility index (Phi) is 5.70. The van der Waals surface area contributed by atoms with Crippen LogP contribution in [0.1, 0.15) is 23.6 Å². The SMILES string of the molecule is CC(=O)Nc1ccc(/C=C(\C#N)C(=O)Nc2c(C)cccc2C)cc1. The lowest BCUT2D eigenvalue weighted by Crippen LogP contribution is -2.15. The summed E-state index contributed by atoms with van der Waals surface area (Å²) in [5, 5.41) is 14.8. The number of nitrogens with zero attached hydrogens (tertiary/aromatic N) is 1. The number of carbonyl (C=O) groups is 2. The summed E-state index contributed by atoms with van der Waals surface area (Å²) < 4.78 is 0. The zero-order chi connectivity index (χ0) is 18.4. The van der Waals surface area contributed by atoms with Crippen molar-refractivity contribution in [1.82, 2.24) is 0 Å². The lowest BCUT2D eigenvalue weighted by Gasteiger charge is -2.11. The van der Waals surface area contributed by atoms with Crippen LogP contribution >= 0.6 is 0 Å². The van der Waals surface area contributed by atoms with Gasteiger partial charge >= 0.3 is 0 Å². The fraction of sp³-hybridized carbons (Fsp3) is 0.150. The van der Waals surface area contributed by atoms with Crippen molar-refractivity contribution in [1.29, 1.82) is 5.26 Å². The Bertz CT molecular complexity index is 855. The quantitative estimate of drug-likeness (QED) is 0.659. The van der Waals surface area contributed by atoms with E-state index in [2.05, 4.69) is 10.6 Å². The fourth-order valence-electron chi connectivity index (χ4n) is 2.37. The van der Waals surface area contributed by atoms with E-state index in [0.29, 0.717) is 11.3 Å². The summed E-state index contributed by atoms with van der Waals surface area (Å²) in [5.41, 5.74) is 3.95. The molecule has 0 saturated heterocycles. The Morgan fingerprint density at radius 2 is 1.60 bits per heavy atom. The van der Waals surface area contributed by atoms with Crippen LogP contribution in [0.25, 0.3) is 6.08 Å². The van der Waals surface area contributed by atoms with Crippen molar-refractivity contribution >= 4 is 29.3 Å². The molecule has 0 saturated carbocycles. The molecule has 126 valence electrons. The minimum Gasteiger partial charge on any atom is -0.326 e. The number of carbonyl (C=O) groups excluding carboxylic acids is 2. The maximum absolute atomic E-state index is 12.4. The van der Waals surface area contributed by atoms with E-state index in [1.54, 1.807) is 24.3 Å². The Labute approximate surface area is 147 Å². The van der Waals surface area contributed by atoms with Crippen LogP contribution in [0.4, 0.5) is 11.4 Å². The molecule has 0 unspecified atom stereocenters. The van der Waals surface area contributed by atoms with Gasteiger partial charge in [-0.05, 0) is 48.7 Å². The van der Waals surface area contributed by atoms with E-state index < -0.39 is 5.91 Å². The summed E-state index contributed by atoms with van der Waals surface area (Å²) in [5.74, 6) is -0.611. The lowest BCUT2D eigenvalue weighted by atomic mass is 10.1. The van der Waals surface area contributed by atoms with Gasteiger partial charge in [0, 0.05) is 18.3 Å². The molecule has 5 heteroatoms. The van der Waals surface area contributed by atoms with E-state index in [1.807, 2.05) is 38.1 Å². The molecule has 0 atom stereocenters. The van der Waals surface area contributed by atoms with Gasteiger partial charge in [-0.25, -0.2) is 0 Å². The first kappa shape index (κ1) is 18.0. The van der Waals surface area contributed by atoms with Crippen LogP contribution in [-0.4, -0.2) is 11.8 Å².